The molecule has 0 aromatic heterocycles. The average molecular weight is 268 g/mol. The average Bonchev–Trinajstić information content (AvgIpc) is 2.47. The molecule has 0 saturated carbocycles. The molecule has 0 fully saturated rings. The zero-order valence-corrected chi connectivity index (χ0v) is 12.7. The second kappa shape index (κ2) is 6.99. The van der Waals surface area contributed by atoms with Gasteiger partial charge in [-0.3, -0.25) is 0 Å². The number of rotatable bonds is 6. The summed E-state index contributed by atoms with van der Waals surface area (Å²) in [6, 6.07) is 17.3. The van der Waals surface area contributed by atoms with Crippen LogP contribution < -0.4 is 10.2 Å². The van der Waals surface area contributed by atoms with Crippen LogP contribution >= 0.6 is 0 Å². The van der Waals surface area contributed by atoms with E-state index in [0.29, 0.717) is 0 Å². The van der Waals surface area contributed by atoms with Gasteiger partial charge in [-0.1, -0.05) is 31.2 Å². The maximum Gasteiger partial charge on any atom is 0.0364 e. The van der Waals surface area contributed by atoms with Crippen molar-refractivity contribution in [3.63, 3.8) is 0 Å². The van der Waals surface area contributed by atoms with E-state index in [4.69, 9.17) is 0 Å². The smallest absolute Gasteiger partial charge is 0.0364 e. The quantitative estimate of drug-likeness (QED) is 0.848. The van der Waals surface area contributed by atoms with Crippen LogP contribution in [0.4, 0.5) is 11.4 Å². The molecule has 0 radical (unpaired) electrons. The van der Waals surface area contributed by atoms with E-state index >= 15 is 0 Å². The Bertz CT molecular complexity index is 531. The predicted octanol–water partition coefficient (Wildman–Crippen LogP) is 4.11. The Labute approximate surface area is 122 Å². The molecule has 2 aromatic carbocycles. The molecule has 106 valence electrons. The fourth-order valence-corrected chi connectivity index (χ4v) is 2.24. The van der Waals surface area contributed by atoms with Crippen LogP contribution in [0.15, 0.2) is 48.5 Å². The maximum atomic E-state index is 3.47. The van der Waals surface area contributed by atoms with E-state index in [-0.39, 0.29) is 0 Å². The van der Waals surface area contributed by atoms with E-state index in [1.54, 1.807) is 0 Å². The van der Waals surface area contributed by atoms with Gasteiger partial charge >= 0.3 is 0 Å². The van der Waals surface area contributed by atoms with Gasteiger partial charge in [-0.25, -0.2) is 0 Å². The molecule has 0 unspecified atom stereocenters. The minimum atomic E-state index is 0.940. The van der Waals surface area contributed by atoms with Gasteiger partial charge in [0.25, 0.3) is 0 Å². The molecule has 2 nitrogen and oxygen atoms in total. The van der Waals surface area contributed by atoms with E-state index < -0.39 is 0 Å². The van der Waals surface area contributed by atoms with Crippen LogP contribution in [-0.2, 0) is 6.42 Å². The lowest BCUT2D eigenvalue weighted by molar-refractivity contribution is 0.913. The molecule has 0 spiro atoms. The van der Waals surface area contributed by atoms with Crippen LogP contribution in [0.5, 0.6) is 0 Å². The van der Waals surface area contributed by atoms with Crippen molar-refractivity contribution in [2.45, 2.75) is 20.3 Å². The first kappa shape index (κ1) is 14.4. The first-order chi connectivity index (χ1) is 9.69. The molecule has 0 aliphatic heterocycles. The Balaban J connectivity index is 1.83. The molecule has 20 heavy (non-hydrogen) atoms. The highest BCUT2D eigenvalue weighted by atomic mass is 15.1. The Hall–Kier alpha value is -1.96. The zero-order valence-electron chi connectivity index (χ0n) is 12.7. The highest BCUT2D eigenvalue weighted by molar-refractivity contribution is 5.48. The van der Waals surface area contributed by atoms with Gasteiger partial charge in [0.1, 0.15) is 0 Å². The van der Waals surface area contributed by atoms with Crippen molar-refractivity contribution < 1.29 is 0 Å². The van der Waals surface area contributed by atoms with E-state index in [9.17, 15) is 0 Å². The number of likely N-dealkylation sites (N-methyl/N-ethyl adjacent to an activating group) is 1. The zero-order chi connectivity index (χ0) is 14.4. The Kier molecular flexibility index (Phi) is 5.05. The number of hydrogen-bond acceptors (Lipinski definition) is 2. The molecular weight excluding hydrogens is 244 g/mol. The van der Waals surface area contributed by atoms with Crippen molar-refractivity contribution >= 4 is 11.4 Å². The SMILES string of the molecule is CCc1ccc(N(C)CCNc2cccc(C)c2)cc1. The summed E-state index contributed by atoms with van der Waals surface area (Å²) in [4.78, 5) is 2.28. The van der Waals surface area contributed by atoms with Crippen LogP contribution in [-0.4, -0.2) is 20.1 Å². The van der Waals surface area contributed by atoms with Gasteiger partial charge in [0.15, 0.2) is 0 Å². The summed E-state index contributed by atoms with van der Waals surface area (Å²) in [5, 5.41) is 3.47. The van der Waals surface area contributed by atoms with Crippen molar-refractivity contribution in [3.05, 3.63) is 59.7 Å². The minimum Gasteiger partial charge on any atom is -0.383 e. The Morgan fingerprint density at radius 2 is 1.80 bits per heavy atom. The van der Waals surface area contributed by atoms with Gasteiger partial charge in [-0.05, 0) is 48.7 Å². The molecule has 0 atom stereocenters. The molecule has 2 aromatic rings. The number of nitrogens with zero attached hydrogens (tertiary/aromatic N) is 1. The molecule has 2 heteroatoms. The number of anilines is 2. The third kappa shape index (κ3) is 4.02. The first-order valence-electron chi connectivity index (χ1n) is 7.29. The summed E-state index contributed by atoms with van der Waals surface area (Å²) in [5.74, 6) is 0. The number of aryl methyl sites for hydroxylation is 2. The number of nitrogens with one attached hydrogen (secondary N) is 1. The maximum absolute atomic E-state index is 3.47. The summed E-state index contributed by atoms with van der Waals surface area (Å²) in [7, 11) is 2.14. The number of hydrogen-bond donors (Lipinski definition) is 1. The summed E-state index contributed by atoms with van der Waals surface area (Å²) in [6.45, 7) is 6.23. The van der Waals surface area contributed by atoms with Gasteiger partial charge in [0.05, 0.1) is 0 Å². The molecule has 0 heterocycles. The molecule has 0 saturated heterocycles. The normalized spacial score (nSPS) is 10.3. The third-order valence-corrected chi connectivity index (χ3v) is 3.58. The lowest BCUT2D eigenvalue weighted by Crippen LogP contribution is -2.24. The molecule has 0 aliphatic rings. The lowest BCUT2D eigenvalue weighted by Gasteiger charge is -2.20. The molecule has 0 bridgehead atoms. The third-order valence-electron chi connectivity index (χ3n) is 3.58. The van der Waals surface area contributed by atoms with Crippen molar-refractivity contribution in [1.82, 2.24) is 0 Å². The molecule has 2 rings (SSSR count). The van der Waals surface area contributed by atoms with Crippen molar-refractivity contribution in [2.24, 2.45) is 0 Å². The largest absolute Gasteiger partial charge is 0.383 e. The van der Waals surface area contributed by atoms with Crippen molar-refractivity contribution in [3.8, 4) is 0 Å². The van der Waals surface area contributed by atoms with Gasteiger partial charge in [0, 0.05) is 31.5 Å². The summed E-state index contributed by atoms with van der Waals surface area (Å²) >= 11 is 0. The molecule has 1 N–H and O–H groups in total. The van der Waals surface area contributed by atoms with E-state index in [1.165, 1.54) is 22.5 Å². The predicted molar refractivity (Wildman–Crippen MR) is 88.8 cm³/mol. The van der Waals surface area contributed by atoms with Crippen molar-refractivity contribution in [1.29, 1.82) is 0 Å². The second-order valence-electron chi connectivity index (χ2n) is 5.24. The van der Waals surface area contributed by atoms with E-state index in [1.807, 2.05) is 0 Å². The van der Waals surface area contributed by atoms with Crippen LogP contribution in [0.2, 0.25) is 0 Å². The monoisotopic (exact) mass is 268 g/mol. The molecule has 0 aliphatic carbocycles. The second-order valence-corrected chi connectivity index (χ2v) is 5.24. The summed E-state index contributed by atoms with van der Waals surface area (Å²) in [6.07, 6.45) is 1.10. The van der Waals surface area contributed by atoms with Gasteiger partial charge < -0.3 is 10.2 Å². The number of benzene rings is 2. The fraction of sp³-hybridized carbons (Fsp3) is 0.333. The standard InChI is InChI=1S/C18H24N2/c1-4-16-8-10-18(11-9-16)20(3)13-12-19-17-7-5-6-15(2)14-17/h5-11,14,19H,4,12-13H2,1-3H3. The highest BCUT2D eigenvalue weighted by Gasteiger charge is 2.00. The first-order valence-corrected chi connectivity index (χ1v) is 7.29. The molecular formula is C18H24N2. The summed E-state index contributed by atoms with van der Waals surface area (Å²) < 4.78 is 0. The van der Waals surface area contributed by atoms with Crippen LogP contribution in [0.1, 0.15) is 18.1 Å². The molecule has 0 amide bonds. The topological polar surface area (TPSA) is 15.3 Å². The summed E-state index contributed by atoms with van der Waals surface area (Å²) in [5.41, 5.74) is 5.14. The lowest BCUT2D eigenvalue weighted by atomic mass is 10.1. The van der Waals surface area contributed by atoms with Crippen LogP contribution in [0.3, 0.4) is 0 Å². The van der Waals surface area contributed by atoms with Gasteiger partial charge in [0.2, 0.25) is 0 Å². The van der Waals surface area contributed by atoms with E-state index in [2.05, 4.69) is 79.6 Å². The highest BCUT2D eigenvalue weighted by Crippen LogP contribution is 2.14. The van der Waals surface area contributed by atoms with Crippen LogP contribution in [0, 0.1) is 6.92 Å². The van der Waals surface area contributed by atoms with Gasteiger partial charge in [-0.15, -0.1) is 0 Å². The fourth-order valence-electron chi connectivity index (χ4n) is 2.24. The van der Waals surface area contributed by atoms with E-state index in [0.717, 1.165) is 19.5 Å². The van der Waals surface area contributed by atoms with Gasteiger partial charge in [-0.2, -0.15) is 0 Å². The Morgan fingerprint density at radius 3 is 2.45 bits per heavy atom. The van der Waals surface area contributed by atoms with Crippen molar-refractivity contribution in [2.75, 3.05) is 30.4 Å². The Morgan fingerprint density at radius 1 is 1.05 bits per heavy atom. The minimum absolute atomic E-state index is 0.940. The van der Waals surface area contributed by atoms with Crippen LogP contribution in [0.25, 0.3) is 0 Å².